The third kappa shape index (κ3) is 2.46. The molecule has 1 fully saturated rings. The van der Waals surface area contributed by atoms with E-state index in [1.165, 1.54) is 0 Å². The lowest BCUT2D eigenvalue weighted by atomic mass is 10.2. The summed E-state index contributed by atoms with van der Waals surface area (Å²) in [5.74, 6) is 0. The third-order valence-electron chi connectivity index (χ3n) is 2.59. The first-order chi connectivity index (χ1) is 7.16. The molecule has 1 aromatic heterocycles. The van der Waals surface area contributed by atoms with E-state index in [1.807, 2.05) is 11.0 Å². The van der Waals surface area contributed by atoms with Crippen molar-refractivity contribution in [3.63, 3.8) is 0 Å². The summed E-state index contributed by atoms with van der Waals surface area (Å²) < 4.78 is 0. The van der Waals surface area contributed by atoms with Gasteiger partial charge in [-0.15, -0.1) is 0 Å². The number of aliphatic hydroxyl groups is 2. The maximum absolute atomic E-state index is 9.38. The Morgan fingerprint density at radius 1 is 1.40 bits per heavy atom. The summed E-state index contributed by atoms with van der Waals surface area (Å²) in [6.45, 7) is 1.61. The normalized spacial score (nSPS) is 27.1. The predicted molar refractivity (Wildman–Crippen MR) is 56.5 cm³/mol. The summed E-state index contributed by atoms with van der Waals surface area (Å²) in [7, 11) is 0. The van der Waals surface area contributed by atoms with Crippen LogP contribution in [-0.4, -0.2) is 45.4 Å². The highest BCUT2D eigenvalue weighted by Gasteiger charge is 2.29. The Morgan fingerprint density at radius 2 is 2.07 bits per heavy atom. The van der Waals surface area contributed by atoms with Crippen LogP contribution in [0.25, 0.3) is 0 Å². The average Bonchev–Trinajstić information content (AvgIpc) is 2.50. The molecule has 1 aromatic rings. The van der Waals surface area contributed by atoms with Gasteiger partial charge in [-0.2, -0.15) is 0 Å². The van der Waals surface area contributed by atoms with Crippen molar-refractivity contribution in [1.29, 1.82) is 0 Å². The lowest BCUT2D eigenvalue weighted by molar-refractivity contribution is 0.0572. The topological polar surface area (TPSA) is 56.6 Å². The Labute approximate surface area is 93.1 Å². The number of likely N-dealkylation sites (tertiary alicyclic amines) is 1. The van der Waals surface area contributed by atoms with Gasteiger partial charge in [0, 0.05) is 32.0 Å². The molecule has 2 rings (SSSR count). The summed E-state index contributed by atoms with van der Waals surface area (Å²) in [5.41, 5.74) is 0.966. The highest BCUT2D eigenvalue weighted by Crippen LogP contribution is 2.19. The van der Waals surface area contributed by atoms with Gasteiger partial charge in [0.15, 0.2) is 0 Å². The summed E-state index contributed by atoms with van der Waals surface area (Å²) in [4.78, 5) is 5.87. The van der Waals surface area contributed by atoms with Crippen molar-refractivity contribution < 1.29 is 10.2 Å². The van der Waals surface area contributed by atoms with Crippen molar-refractivity contribution in [2.45, 2.75) is 18.8 Å². The fraction of sp³-hybridized carbons (Fsp3) is 0.500. The van der Waals surface area contributed by atoms with E-state index in [9.17, 15) is 10.2 Å². The molecular weight excluding hydrogens is 216 g/mol. The molecule has 0 aliphatic carbocycles. The molecule has 0 radical (unpaired) electrons. The van der Waals surface area contributed by atoms with Crippen LogP contribution in [0.3, 0.4) is 0 Å². The third-order valence-corrected chi connectivity index (χ3v) is 2.93. The molecule has 2 N–H and O–H groups in total. The number of β-amino-alcohol motifs (C(OH)–C–C–N with tert-alkyl or cyclic N) is 2. The number of rotatable bonds is 2. The second-order valence-corrected chi connectivity index (χ2v) is 4.20. The van der Waals surface area contributed by atoms with Gasteiger partial charge in [-0.05, 0) is 11.6 Å². The summed E-state index contributed by atoms with van der Waals surface area (Å²) in [6, 6.07) is 1.85. The zero-order valence-electron chi connectivity index (χ0n) is 8.17. The monoisotopic (exact) mass is 228 g/mol. The first kappa shape index (κ1) is 10.8. The summed E-state index contributed by atoms with van der Waals surface area (Å²) in [6.07, 6.45) is 1.99. The number of pyridine rings is 1. The maximum Gasteiger partial charge on any atom is 0.0938 e. The lowest BCUT2D eigenvalue weighted by Crippen LogP contribution is -2.22. The average molecular weight is 229 g/mol. The van der Waals surface area contributed by atoms with Gasteiger partial charge in [-0.1, -0.05) is 11.6 Å². The number of aliphatic hydroxyl groups excluding tert-OH is 2. The van der Waals surface area contributed by atoms with Crippen LogP contribution in [0.15, 0.2) is 18.5 Å². The zero-order valence-corrected chi connectivity index (χ0v) is 8.93. The second kappa shape index (κ2) is 4.45. The van der Waals surface area contributed by atoms with Crippen LogP contribution in [0.5, 0.6) is 0 Å². The first-order valence-corrected chi connectivity index (χ1v) is 5.21. The Morgan fingerprint density at radius 3 is 2.67 bits per heavy atom. The number of halogens is 1. The number of hydrogen-bond acceptors (Lipinski definition) is 4. The number of nitrogens with zero attached hydrogens (tertiary/aromatic N) is 2. The highest BCUT2D eigenvalue weighted by molar-refractivity contribution is 6.31. The fourth-order valence-electron chi connectivity index (χ4n) is 1.75. The van der Waals surface area contributed by atoms with Gasteiger partial charge >= 0.3 is 0 Å². The van der Waals surface area contributed by atoms with Crippen molar-refractivity contribution in [3.05, 3.63) is 29.0 Å². The molecule has 5 heteroatoms. The largest absolute Gasteiger partial charge is 0.389 e. The minimum atomic E-state index is -0.648. The lowest BCUT2D eigenvalue weighted by Gasteiger charge is -2.15. The van der Waals surface area contributed by atoms with Crippen LogP contribution in [0.1, 0.15) is 5.56 Å². The van der Waals surface area contributed by atoms with Crippen molar-refractivity contribution >= 4 is 11.6 Å². The van der Waals surface area contributed by atoms with E-state index in [0.29, 0.717) is 24.7 Å². The van der Waals surface area contributed by atoms with E-state index in [0.717, 1.165) is 5.56 Å². The molecule has 0 aromatic carbocycles. The summed E-state index contributed by atoms with van der Waals surface area (Å²) >= 11 is 5.96. The molecule has 2 atom stereocenters. The molecule has 0 unspecified atom stereocenters. The van der Waals surface area contributed by atoms with Crippen LogP contribution in [0, 0.1) is 0 Å². The van der Waals surface area contributed by atoms with Crippen LogP contribution in [-0.2, 0) is 6.54 Å². The van der Waals surface area contributed by atoms with E-state index in [-0.39, 0.29) is 0 Å². The van der Waals surface area contributed by atoms with E-state index >= 15 is 0 Å². The van der Waals surface area contributed by atoms with Crippen LogP contribution < -0.4 is 0 Å². The smallest absolute Gasteiger partial charge is 0.0938 e. The van der Waals surface area contributed by atoms with E-state index in [1.54, 1.807) is 12.4 Å². The molecule has 1 aliphatic heterocycles. The maximum atomic E-state index is 9.38. The number of hydrogen-bond donors (Lipinski definition) is 2. The van der Waals surface area contributed by atoms with E-state index < -0.39 is 12.2 Å². The van der Waals surface area contributed by atoms with Gasteiger partial charge in [0.25, 0.3) is 0 Å². The quantitative estimate of drug-likeness (QED) is 0.763. The molecule has 1 saturated heterocycles. The molecule has 0 spiro atoms. The van der Waals surface area contributed by atoms with Gasteiger partial charge in [0.2, 0.25) is 0 Å². The predicted octanol–water partition coefficient (Wildman–Crippen LogP) is 0.272. The molecule has 15 heavy (non-hydrogen) atoms. The molecule has 2 heterocycles. The molecule has 0 saturated carbocycles. The van der Waals surface area contributed by atoms with Crippen LogP contribution >= 0.6 is 11.6 Å². The first-order valence-electron chi connectivity index (χ1n) is 4.83. The van der Waals surface area contributed by atoms with E-state index in [2.05, 4.69) is 4.98 Å². The molecule has 1 aliphatic rings. The summed E-state index contributed by atoms with van der Waals surface area (Å²) in [5, 5.41) is 19.4. The zero-order chi connectivity index (χ0) is 10.8. The van der Waals surface area contributed by atoms with Crippen molar-refractivity contribution in [2.75, 3.05) is 13.1 Å². The molecule has 0 amide bonds. The minimum Gasteiger partial charge on any atom is -0.389 e. The highest BCUT2D eigenvalue weighted by atomic mass is 35.5. The van der Waals surface area contributed by atoms with E-state index in [4.69, 9.17) is 11.6 Å². The minimum absolute atomic E-state index is 0.486. The Balaban J connectivity index is 2.01. The molecule has 82 valence electrons. The van der Waals surface area contributed by atoms with Crippen molar-refractivity contribution in [3.8, 4) is 0 Å². The molecular formula is C10H13ClN2O2. The fourth-order valence-corrected chi connectivity index (χ4v) is 1.93. The standard InChI is InChI=1S/C10H13ClN2O2/c11-8-3-12-2-1-7(8)4-13-5-9(14)10(15)6-13/h1-3,9-10,14-15H,4-6H2/t9-,10+. The molecule has 4 nitrogen and oxygen atoms in total. The SMILES string of the molecule is O[C@@H]1CN(Cc2ccncc2Cl)C[C@@H]1O. The molecule has 0 bridgehead atoms. The Hall–Kier alpha value is -0.680. The van der Waals surface area contributed by atoms with Gasteiger partial charge in [-0.25, -0.2) is 0 Å². The Kier molecular flexibility index (Phi) is 3.21. The number of aromatic nitrogens is 1. The van der Waals surface area contributed by atoms with Crippen molar-refractivity contribution in [1.82, 2.24) is 9.88 Å². The van der Waals surface area contributed by atoms with Crippen molar-refractivity contribution in [2.24, 2.45) is 0 Å². The van der Waals surface area contributed by atoms with Gasteiger partial charge in [-0.3, -0.25) is 9.88 Å². The van der Waals surface area contributed by atoms with Gasteiger partial charge in [0.1, 0.15) is 0 Å². The second-order valence-electron chi connectivity index (χ2n) is 3.80. The van der Waals surface area contributed by atoms with Crippen LogP contribution in [0.4, 0.5) is 0 Å². The van der Waals surface area contributed by atoms with Crippen LogP contribution in [0.2, 0.25) is 5.02 Å². The Bertz CT molecular complexity index is 338. The van der Waals surface area contributed by atoms with Gasteiger partial charge < -0.3 is 10.2 Å². The van der Waals surface area contributed by atoms with Gasteiger partial charge in [0.05, 0.1) is 17.2 Å².